The summed E-state index contributed by atoms with van der Waals surface area (Å²) in [4.78, 5) is 4.10. The van der Waals surface area contributed by atoms with Gasteiger partial charge in [0.15, 0.2) is 5.82 Å². The van der Waals surface area contributed by atoms with Crippen LogP contribution in [-0.4, -0.2) is 16.7 Å². The Morgan fingerprint density at radius 2 is 2.29 bits per heavy atom. The van der Waals surface area contributed by atoms with Gasteiger partial charge in [-0.2, -0.15) is 4.98 Å². The molecule has 0 unspecified atom stereocenters. The summed E-state index contributed by atoms with van der Waals surface area (Å²) in [5, 5.41) is 3.73. The molecule has 6 heteroatoms. The van der Waals surface area contributed by atoms with Crippen molar-refractivity contribution in [3.8, 4) is 11.5 Å². The summed E-state index contributed by atoms with van der Waals surface area (Å²) in [7, 11) is 0. The molecule has 0 amide bonds. The summed E-state index contributed by atoms with van der Waals surface area (Å²) < 4.78 is 23.0. The van der Waals surface area contributed by atoms with Gasteiger partial charge in [-0.15, -0.1) is 0 Å². The van der Waals surface area contributed by atoms with Crippen LogP contribution in [0.15, 0.2) is 22.7 Å². The van der Waals surface area contributed by atoms with Crippen molar-refractivity contribution in [3.63, 3.8) is 0 Å². The molecule has 0 atom stereocenters. The van der Waals surface area contributed by atoms with E-state index in [1.54, 1.807) is 0 Å². The predicted molar refractivity (Wildman–Crippen MR) is 59.4 cm³/mol. The number of benzene rings is 1. The highest BCUT2D eigenvalue weighted by atomic mass is 19.1. The zero-order chi connectivity index (χ0) is 12.3. The molecular formula is C11H12FN3O2. The minimum absolute atomic E-state index is 0.261. The maximum atomic E-state index is 12.9. The summed E-state index contributed by atoms with van der Waals surface area (Å²) >= 11 is 0. The quantitative estimate of drug-likeness (QED) is 0.823. The molecule has 0 saturated carbocycles. The number of aromatic nitrogens is 2. The number of nitrogens with zero attached hydrogens (tertiary/aromatic N) is 2. The number of ether oxygens (including phenoxy) is 1. The smallest absolute Gasteiger partial charge is 0.260 e. The van der Waals surface area contributed by atoms with Crippen molar-refractivity contribution in [2.75, 3.05) is 12.3 Å². The molecule has 5 nitrogen and oxygen atoms in total. The van der Waals surface area contributed by atoms with Gasteiger partial charge in [0.1, 0.15) is 12.4 Å². The van der Waals surface area contributed by atoms with Crippen LogP contribution >= 0.6 is 0 Å². The van der Waals surface area contributed by atoms with Crippen molar-refractivity contribution in [1.29, 1.82) is 0 Å². The maximum absolute atomic E-state index is 12.9. The number of nitrogen functional groups attached to an aromatic ring is 1. The van der Waals surface area contributed by atoms with Gasteiger partial charge in [-0.3, -0.25) is 0 Å². The van der Waals surface area contributed by atoms with Crippen molar-refractivity contribution in [1.82, 2.24) is 10.1 Å². The fourth-order valence-electron chi connectivity index (χ4n) is 1.34. The van der Waals surface area contributed by atoms with Crippen molar-refractivity contribution >= 4 is 5.69 Å². The molecule has 0 radical (unpaired) electrons. The lowest BCUT2D eigenvalue weighted by Gasteiger charge is -1.99. The van der Waals surface area contributed by atoms with Gasteiger partial charge in [0.2, 0.25) is 0 Å². The molecule has 0 fully saturated rings. The van der Waals surface area contributed by atoms with Gasteiger partial charge in [0.25, 0.3) is 5.89 Å². The molecule has 90 valence electrons. The van der Waals surface area contributed by atoms with Gasteiger partial charge in [-0.05, 0) is 25.1 Å². The Hall–Kier alpha value is -1.95. The van der Waals surface area contributed by atoms with Crippen LogP contribution in [0.25, 0.3) is 11.5 Å². The molecule has 17 heavy (non-hydrogen) atoms. The third kappa shape index (κ3) is 2.59. The van der Waals surface area contributed by atoms with E-state index in [2.05, 4.69) is 10.1 Å². The molecule has 2 N–H and O–H groups in total. The first-order valence-electron chi connectivity index (χ1n) is 5.16. The Bertz CT molecular complexity index is 513. The second-order valence-electron chi connectivity index (χ2n) is 3.38. The third-order valence-electron chi connectivity index (χ3n) is 2.15. The zero-order valence-electron chi connectivity index (χ0n) is 9.31. The molecule has 0 aliphatic carbocycles. The predicted octanol–water partition coefficient (Wildman–Crippen LogP) is 1.99. The van der Waals surface area contributed by atoms with Crippen LogP contribution in [0.4, 0.5) is 10.1 Å². The Morgan fingerprint density at radius 3 is 3.00 bits per heavy atom. The largest absolute Gasteiger partial charge is 0.398 e. The standard InChI is InChI=1S/C11H12FN3O2/c1-2-16-6-10-14-11(17-15-10)8-4-3-7(12)5-9(8)13/h3-5H,2,6,13H2,1H3. The number of hydrogen-bond acceptors (Lipinski definition) is 5. The lowest BCUT2D eigenvalue weighted by molar-refractivity contribution is 0.126. The Balaban J connectivity index is 2.24. The van der Waals surface area contributed by atoms with Crippen LogP contribution in [0.5, 0.6) is 0 Å². The molecule has 2 rings (SSSR count). The van der Waals surface area contributed by atoms with E-state index in [4.69, 9.17) is 15.0 Å². The summed E-state index contributed by atoms with van der Waals surface area (Å²) in [5.74, 6) is 0.295. The zero-order valence-corrected chi connectivity index (χ0v) is 9.31. The van der Waals surface area contributed by atoms with Gasteiger partial charge in [0.05, 0.1) is 5.56 Å². The first kappa shape index (κ1) is 11.5. The minimum Gasteiger partial charge on any atom is -0.398 e. The van der Waals surface area contributed by atoms with E-state index in [0.717, 1.165) is 0 Å². The van der Waals surface area contributed by atoms with E-state index in [9.17, 15) is 4.39 Å². The number of hydrogen-bond donors (Lipinski definition) is 1. The van der Waals surface area contributed by atoms with Gasteiger partial charge in [-0.1, -0.05) is 5.16 Å². The minimum atomic E-state index is -0.402. The molecular weight excluding hydrogens is 225 g/mol. The summed E-state index contributed by atoms with van der Waals surface area (Å²) in [6.07, 6.45) is 0. The van der Waals surface area contributed by atoms with Crippen LogP contribution in [0.2, 0.25) is 0 Å². The topological polar surface area (TPSA) is 74.2 Å². The molecule has 0 aliphatic rings. The average Bonchev–Trinajstić information content (AvgIpc) is 2.75. The molecule has 0 spiro atoms. The average molecular weight is 237 g/mol. The van der Waals surface area contributed by atoms with Crippen molar-refractivity contribution < 1.29 is 13.7 Å². The van der Waals surface area contributed by atoms with Crippen molar-refractivity contribution in [2.24, 2.45) is 0 Å². The van der Waals surface area contributed by atoms with E-state index in [-0.39, 0.29) is 18.2 Å². The SMILES string of the molecule is CCOCc1noc(-c2ccc(F)cc2N)n1. The second-order valence-corrected chi connectivity index (χ2v) is 3.38. The molecule has 1 aromatic heterocycles. The maximum Gasteiger partial charge on any atom is 0.260 e. The highest BCUT2D eigenvalue weighted by molar-refractivity contribution is 5.70. The fourth-order valence-corrected chi connectivity index (χ4v) is 1.34. The normalized spacial score (nSPS) is 10.7. The summed E-state index contributed by atoms with van der Waals surface area (Å²) in [5.41, 5.74) is 6.44. The van der Waals surface area contributed by atoms with Crippen LogP contribution in [0, 0.1) is 5.82 Å². The molecule has 2 aromatic rings. The van der Waals surface area contributed by atoms with Crippen molar-refractivity contribution in [3.05, 3.63) is 29.8 Å². The van der Waals surface area contributed by atoms with E-state index < -0.39 is 5.82 Å². The van der Waals surface area contributed by atoms with Gasteiger partial charge in [-0.25, -0.2) is 4.39 Å². The Morgan fingerprint density at radius 1 is 1.47 bits per heavy atom. The molecule has 1 heterocycles. The number of halogens is 1. The summed E-state index contributed by atoms with van der Waals surface area (Å²) in [6, 6.07) is 4.00. The molecule has 0 saturated heterocycles. The first-order chi connectivity index (χ1) is 8.20. The second kappa shape index (κ2) is 4.92. The number of nitrogens with two attached hydrogens (primary N) is 1. The van der Waals surface area contributed by atoms with Gasteiger partial charge >= 0.3 is 0 Å². The van der Waals surface area contributed by atoms with Crippen molar-refractivity contribution in [2.45, 2.75) is 13.5 Å². The highest BCUT2D eigenvalue weighted by Gasteiger charge is 2.12. The van der Waals surface area contributed by atoms with Crippen LogP contribution in [0.3, 0.4) is 0 Å². The highest BCUT2D eigenvalue weighted by Crippen LogP contribution is 2.24. The third-order valence-corrected chi connectivity index (χ3v) is 2.15. The lowest BCUT2D eigenvalue weighted by atomic mass is 10.2. The van der Waals surface area contributed by atoms with E-state index in [0.29, 0.717) is 18.0 Å². The lowest BCUT2D eigenvalue weighted by Crippen LogP contribution is -1.94. The monoisotopic (exact) mass is 237 g/mol. The van der Waals surface area contributed by atoms with Gasteiger partial charge in [0, 0.05) is 12.3 Å². The Labute approximate surface area is 97.4 Å². The molecule has 1 aromatic carbocycles. The van der Waals surface area contributed by atoms with E-state index >= 15 is 0 Å². The fraction of sp³-hybridized carbons (Fsp3) is 0.273. The molecule has 0 bridgehead atoms. The number of rotatable bonds is 4. The van der Waals surface area contributed by atoms with Crippen LogP contribution in [-0.2, 0) is 11.3 Å². The molecule has 0 aliphatic heterocycles. The summed E-state index contributed by atoms with van der Waals surface area (Å²) in [6.45, 7) is 2.72. The van der Waals surface area contributed by atoms with Crippen LogP contribution in [0.1, 0.15) is 12.7 Å². The first-order valence-corrected chi connectivity index (χ1v) is 5.16. The van der Waals surface area contributed by atoms with Crippen LogP contribution < -0.4 is 5.73 Å². The number of anilines is 1. The van der Waals surface area contributed by atoms with E-state index in [1.165, 1.54) is 18.2 Å². The van der Waals surface area contributed by atoms with E-state index in [1.807, 2.05) is 6.92 Å². The Kier molecular flexibility index (Phi) is 3.34. The van der Waals surface area contributed by atoms with Gasteiger partial charge < -0.3 is 15.0 Å².